The van der Waals surface area contributed by atoms with Crippen molar-refractivity contribution in [2.24, 2.45) is 5.41 Å². The van der Waals surface area contributed by atoms with Crippen molar-refractivity contribution in [3.8, 4) is 0 Å². The van der Waals surface area contributed by atoms with Gasteiger partial charge in [-0.25, -0.2) is 0 Å². The third-order valence-electron chi connectivity index (χ3n) is 2.52. The first-order chi connectivity index (χ1) is 7.44. The van der Waals surface area contributed by atoms with Crippen LogP contribution in [0.4, 0.5) is 0 Å². The minimum atomic E-state index is -0.0734. The number of hydrogen-bond acceptors (Lipinski definition) is 2. The maximum atomic E-state index is 9.21. The van der Waals surface area contributed by atoms with Gasteiger partial charge < -0.3 is 10.0 Å². The first-order valence-electron chi connectivity index (χ1n) is 5.47. The molecule has 0 aliphatic carbocycles. The zero-order chi connectivity index (χ0) is 12.2. The van der Waals surface area contributed by atoms with Crippen LogP contribution in [0.1, 0.15) is 19.4 Å². The Bertz CT molecular complexity index is 338. The van der Waals surface area contributed by atoms with Crippen LogP contribution in [0.5, 0.6) is 0 Å². The molecule has 1 aromatic rings. The summed E-state index contributed by atoms with van der Waals surface area (Å²) in [5.74, 6) is 0. The van der Waals surface area contributed by atoms with Crippen molar-refractivity contribution in [2.45, 2.75) is 20.4 Å². The van der Waals surface area contributed by atoms with Crippen LogP contribution in [0.25, 0.3) is 0 Å². The normalized spacial score (nSPS) is 12.1. The molecular weight excluding hydrogens is 222 g/mol. The predicted molar refractivity (Wildman–Crippen MR) is 68.7 cm³/mol. The van der Waals surface area contributed by atoms with Crippen LogP contribution < -0.4 is 0 Å². The molecule has 0 atom stereocenters. The third kappa shape index (κ3) is 4.12. The molecule has 0 saturated heterocycles. The number of rotatable bonds is 5. The van der Waals surface area contributed by atoms with Gasteiger partial charge in [0.25, 0.3) is 0 Å². The summed E-state index contributed by atoms with van der Waals surface area (Å²) in [5, 5.41) is 10.0. The van der Waals surface area contributed by atoms with Gasteiger partial charge >= 0.3 is 0 Å². The van der Waals surface area contributed by atoms with Gasteiger partial charge in [0.05, 0.1) is 0 Å². The molecular formula is C13H20ClNO. The predicted octanol–water partition coefficient (Wildman–Crippen LogP) is 2.79. The number of aliphatic hydroxyl groups is 1. The van der Waals surface area contributed by atoms with Crippen molar-refractivity contribution in [2.75, 3.05) is 20.2 Å². The van der Waals surface area contributed by atoms with E-state index in [4.69, 9.17) is 11.6 Å². The Balaban J connectivity index is 2.58. The number of hydrogen-bond donors (Lipinski definition) is 1. The molecule has 0 bridgehead atoms. The van der Waals surface area contributed by atoms with Gasteiger partial charge in [-0.05, 0) is 18.7 Å². The number of halogens is 1. The molecule has 0 radical (unpaired) electrons. The highest BCUT2D eigenvalue weighted by molar-refractivity contribution is 6.31. The van der Waals surface area contributed by atoms with E-state index in [0.29, 0.717) is 0 Å². The molecule has 0 aromatic heterocycles. The van der Waals surface area contributed by atoms with Crippen molar-refractivity contribution in [3.05, 3.63) is 34.9 Å². The Morgan fingerprint density at radius 1 is 1.31 bits per heavy atom. The van der Waals surface area contributed by atoms with Gasteiger partial charge in [0.15, 0.2) is 0 Å². The highest BCUT2D eigenvalue weighted by atomic mass is 35.5. The second-order valence-electron chi connectivity index (χ2n) is 5.09. The van der Waals surface area contributed by atoms with E-state index < -0.39 is 0 Å². The summed E-state index contributed by atoms with van der Waals surface area (Å²) in [5.41, 5.74) is 1.05. The van der Waals surface area contributed by atoms with Crippen molar-refractivity contribution in [1.82, 2.24) is 4.90 Å². The minimum Gasteiger partial charge on any atom is -0.396 e. The van der Waals surface area contributed by atoms with Crippen LogP contribution in [-0.4, -0.2) is 30.2 Å². The van der Waals surface area contributed by atoms with Crippen LogP contribution in [-0.2, 0) is 6.54 Å². The SMILES string of the molecule is CN(Cc1ccccc1Cl)CC(C)(C)CO. The molecule has 0 amide bonds. The van der Waals surface area contributed by atoms with E-state index in [1.165, 1.54) is 0 Å². The monoisotopic (exact) mass is 241 g/mol. The van der Waals surface area contributed by atoms with E-state index in [9.17, 15) is 5.11 Å². The van der Waals surface area contributed by atoms with Gasteiger partial charge in [0, 0.05) is 30.1 Å². The third-order valence-corrected chi connectivity index (χ3v) is 2.89. The van der Waals surface area contributed by atoms with Crippen LogP contribution in [0, 0.1) is 5.41 Å². The fraction of sp³-hybridized carbons (Fsp3) is 0.538. The molecule has 0 unspecified atom stereocenters. The molecule has 0 spiro atoms. The Kier molecular flexibility index (Phi) is 4.78. The molecule has 1 rings (SSSR count). The lowest BCUT2D eigenvalue weighted by Crippen LogP contribution is -2.33. The van der Waals surface area contributed by atoms with Gasteiger partial charge in [-0.2, -0.15) is 0 Å². The number of nitrogens with zero attached hydrogens (tertiary/aromatic N) is 1. The van der Waals surface area contributed by atoms with Crippen LogP contribution in [0.2, 0.25) is 5.02 Å². The Hall–Kier alpha value is -0.570. The standard InChI is InChI=1S/C13H20ClNO/c1-13(2,10-16)9-15(3)8-11-6-4-5-7-12(11)14/h4-7,16H,8-10H2,1-3H3. The Morgan fingerprint density at radius 2 is 1.94 bits per heavy atom. The van der Waals surface area contributed by atoms with E-state index in [-0.39, 0.29) is 12.0 Å². The highest BCUT2D eigenvalue weighted by Crippen LogP contribution is 2.20. The average molecular weight is 242 g/mol. The van der Waals surface area contributed by atoms with Crippen molar-refractivity contribution < 1.29 is 5.11 Å². The molecule has 0 aliphatic heterocycles. The Morgan fingerprint density at radius 3 is 2.50 bits per heavy atom. The number of benzene rings is 1. The van der Waals surface area contributed by atoms with Crippen molar-refractivity contribution in [3.63, 3.8) is 0 Å². The summed E-state index contributed by atoms with van der Waals surface area (Å²) < 4.78 is 0. The summed E-state index contributed by atoms with van der Waals surface area (Å²) in [6, 6.07) is 7.86. The van der Waals surface area contributed by atoms with Crippen LogP contribution in [0.15, 0.2) is 24.3 Å². The molecule has 0 aliphatic rings. The minimum absolute atomic E-state index is 0.0734. The first kappa shape index (κ1) is 13.5. The fourth-order valence-corrected chi connectivity index (χ4v) is 1.95. The van der Waals surface area contributed by atoms with Crippen LogP contribution in [0.3, 0.4) is 0 Å². The highest BCUT2D eigenvalue weighted by Gasteiger charge is 2.19. The first-order valence-corrected chi connectivity index (χ1v) is 5.85. The summed E-state index contributed by atoms with van der Waals surface area (Å²) in [6.45, 7) is 5.95. The number of aliphatic hydroxyl groups excluding tert-OH is 1. The van der Waals surface area contributed by atoms with E-state index in [1.54, 1.807) is 0 Å². The second kappa shape index (κ2) is 5.67. The molecule has 1 aromatic carbocycles. The van der Waals surface area contributed by atoms with Gasteiger partial charge in [0.1, 0.15) is 0 Å². The average Bonchev–Trinajstić information content (AvgIpc) is 2.21. The quantitative estimate of drug-likeness (QED) is 0.857. The van der Waals surface area contributed by atoms with Crippen LogP contribution >= 0.6 is 11.6 Å². The van der Waals surface area contributed by atoms with Crippen molar-refractivity contribution in [1.29, 1.82) is 0 Å². The smallest absolute Gasteiger partial charge is 0.0494 e. The molecule has 1 N–H and O–H groups in total. The van der Waals surface area contributed by atoms with Gasteiger partial charge in [0.2, 0.25) is 0 Å². The molecule has 16 heavy (non-hydrogen) atoms. The van der Waals surface area contributed by atoms with E-state index in [1.807, 2.05) is 31.3 Å². The van der Waals surface area contributed by atoms with E-state index >= 15 is 0 Å². The van der Waals surface area contributed by atoms with E-state index in [2.05, 4.69) is 18.7 Å². The lowest BCUT2D eigenvalue weighted by molar-refractivity contribution is 0.112. The van der Waals surface area contributed by atoms with E-state index in [0.717, 1.165) is 23.7 Å². The van der Waals surface area contributed by atoms with Gasteiger partial charge in [-0.1, -0.05) is 43.6 Å². The summed E-state index contributed by atoms with van der Waals surface area (Å²) >= 11 is 6.10. The summed E-state index contributed by atoms with van der Waals surface area (Å²) in [6.07, 6.45) is 0. The molecule has 0 heterocycles. The second-order valence-corrected chi connectivity index (χ2v) is 5.49. The van der Waals surface area contributed by atoms with Gasteiger partial charge in [-0.15, -0.1) is 0 Å². The summed E-state index contributed by atoms with van der Waals surface area (Å²) in [7, 11) is 2.04. The molecule has 2 nitrogen and oxygen atoms in total. The zero-order valence-electron chi connectivity index (χ0n) is 10.2. The van der Waals surface area contributed by atoms with Gasteiger partial charge in [-0.3, -0.25) is 0 Å². The lowest BCUT2D eigenvalue weighted by Gasteiger charge is -2.28. The summed E-state index contributed by atoms with van der Waals surface area (Å²) in [4.78, 5) is 2.18. The molecule has 3 heteroatoms. The molecule has 90 valence electrons. The Labute approximate surface area is 103 Å². The largest absolute Gasteiger partial charge is 0.396 e. The topological polar surface area (TPSA) is 23.5 Å². The fourth-order valence-electron chi connectivity index (χ4n) is 1.75. The molecule has 0 fully saturated rings. The van der Waals surface area contributed by atoms with Crippen molar-refractivity contribution >= 4 is 11.6 Å². The maximum absolute atomic E-state index is 9.21. The molecule has 0 saturated carbocycles. The lowest BCUT2D eigenvalue weighted by atomic mass is 9.94. The zero-order valence-corrected chi connectivity index (χ0v) is 11.0. The maximum Gasteiger partial charge on any atom is 0.0494 e.